The normalized spacial score (nSPS) is 11.6. The van der Waals surface area contributed by atoms with Gasteiger partial charge in [-0.2, -0.15) is 0 Å². The van der Waals surface area contributed by atoms with E-state index >= 15 is 0 Å². The highest BCUT2D eigenvalue weighted by Gasteiger charge is 2.20. The van der Waals surface area contributed by atoms with Crippen LogP contribution >= 0.6 is 11.3 Å². The van der Waals surface area contributed by atoms with Crippen molar-refractivity contribution in [2.75, 3.05) is 5.32 Å². The van der Waals surface area contributed by atoms with Crippen molar-refractivity contribution in [1.82, 2.24) is 8.96 Å². The van der Waals surface area contributed by atoms with Crippen molar-refractivity contribution in [3.8, 4) is 11.1 Å². The fraction of sp³-hybridized carbons (Fsp3) is 0. The van der Waals surface area contributed by atoms with Gasteiger partial charge in [0.15, 0.2) is 5.65 Å². The number of rotatable bonds is 4. The fourth-order valence-electron chi connectivity index (χ4n) is 2.82. The van der Waals surface area contributed by atoms with Crippen LogP contribution in [-0.4, -0.2) is 28.6 Å². The summed E-state index contributed by atoms with van der Waals surface area (Å²) in [6.45, 7) is 0. The van der Waals surface area contributed by atoms with E-state index in [-0.39, 0.29) is 4.90 Å². The number of hydrogen-bond donors (Lipinski definition) is 2. The Balaban J connectivity index is 1.83. The Hall–Kier alpha value is -3.17. The smallest absolute Gasteiger partial charge is 0.409 e. The summed E-state index contributed by atoms with van der Waals surface area (Å²) in [5, 5.41) is 14.1. The van der Waals surface area contributed by atoms with E-state index < -0.39 is 16.1 Å². The van der Waals surface area contributed by atoms with Gasteiger partial charge in [-0.25, -0.2) is 22.2 Å². The minimum absolute atomic E-state index is 0.179. The van der Waals surface area contributed by atoms with Crippen LogP contribution in [0.15, 0.2) is 71.2 Å². The maximum absolute atomic E-state index is 12.9. The molecule has 4 rings (SSSR count). The van der Waals surface area contributed by atoms with Crippen LogP contribution in [0.5, 0.6) is 0 Å². The van der Waals surface area contributed by atoms with Crippen LogP contribution in [0.25, 0.3) is 22.2 Å². The van der Waals surface area contributed by atoms with Crippen molar-refractivity contribution in [3.63, 3.8) is 0 Å². The number of aromatic nitrogens is 2. The lowest BCUT2D eigenvalue weighted by Gasteiger charge is -2.07. The standard InChI is InChI=1S/C18H13N3O4S2/c22-18(23)20-16-10-12(11-26-16)14-6-8-19-17-15(14)7-9-21(17)27(24,25)13-4-2-1-3-5-13/h1-11,20H,(H,22,23). The minimum atomic E-state index is -3.77. The van der Waals surface area contributed by atoms with Crippen molar-refractivity contribution >= 4 is 43.5 Å². The lowest BCUT2D eigenvalue weighted by molar-refractivity contribution is 0.210. The average molecular weight is 399 g/mol. The van der Waals surface area contributed by atoms with E-state index in [9.17, 15) is 13.2 Å². The number of carbonyl (C=O) groups is 1. The van der Waals surface area contributed by atoms with Crippen LogP contribution in [0, 0.1) is 0 Å². The maximum Gasteiger partial charge on any atom is 0.409 e. The summed E-state index contributed by atoms with van der Waals surface area (Å²) in [5.74, 6) is 0. The van der Waals surface area contributed by atoms with Gasteiger partial charge in [-0.3, -0.25) is 5.32 Å². The fourth-order valence-corrected chi connectivity index (χ4v) is 4.93. The van der Waals surface area contributed by atoms with Crippen molar-refractivity contribution < 1.29 is 18.3 Å². The van der Waals surface area contributed by atoms with Crippen LogP contribution in [0.1, 0.15) is 0 Å². The van der Waals surface area contributed by atoms with Crippen LogP contribution in [0.3, 0.4) is 0 Å². The molecule has 0 atom stereocenters. The summed E-state index contributed by atoms with van der Waals surface area (Å²) in [5.41, 5.74) is 1.87. The SMILES string of the molecule is O=C(O)Nc1cc(-c2ccnc3c2ccn3S(=O)(=O)c2ccccc2)cs1. The molecule has 0 bridgehead atoms. The van der Waals surface area contributed by atoms with Crippen LogP contribution in [0.2, 0.25) is 0 Å². The van der Waals surface area contributed by atoms with E-state index in [4.69, 9.17) is 5.11 Å². The number of nitrogens with one attached hydrogen (secondary N) is 1. The van der Waals surface area contributed by atoms with Gasteiger partial charge in [0.05, 0.1) is 9.90 Å². The van der Waals surface area contributed by atoms with Gasteiger partial charge >= 0.3 is 6.09 Å². The second-order valence-electron chi connectivity index (χ2n) is 5.66. The Bertz CT molecular complexity index is 1240. The summed E-state index contributed by atoms with van der Waals surface area (Å²) in [6.07, 6.45) is 1.88. The van der Waals surface area contributed by atoms with E-state index in [1.54, 1.807) is 36.4 Å². The zero-order valence-corrected chi connectivity index (χ0v) is 15.4. The molecule has 3 aromatic heterocycles. The highest BCUT2D eigenvalue weighted by molar-refractivity contribution is 7.90. The molecular formula is C18H13N3O4S2. The molecule has 0 saturated carbocycles. The molecule has 0 aliphatic carbocycles. The lowest BCUT2D eigenvalue weighted by Crippen LogP contribution is -2.12. The third kappa shape index (κ3) is 3.07. The Morgan fingerprint density at radius 1 is 1.15 bits per heavy atom. The van der Waals surface area contributed by atoms with Gasteiger partial charge in [-0.05, 0) is 41.5 Å². The predicted molar refractivity (Wildman–Crippen MR) is 104 cm³/mol. The molecule has 0 spiro atoms. The van der Waals surface area contributed by atoms with Crippen LogP contribution in [-0.2, 0) is 10.0 Å². The summed E-state index contributed by atoms with van der Waals surface area (Å²) in [6, 6.07) is 13.3. The molecule has 9 heteroatoms. The molecule has 1 aromatic carbocycles. The third-order valence-corrected chi connectivity index (χ3v) is 6.52. The molecule has 4 aromatic rings. The van der Waals surface area contributed by atoms with E-state index in [0.717, 1.165) is 15.1 Å². The first-order valence-corrected chi connectivity index (χ1v) is 10.1. The molecule has 0 saturated heterocycles. The second kappa shape index (κ2) is 6.53. The Morgan fingerprint density at radius 3 is 2.67 bits per heavy atom. The first kappa shape index (κ1) is 17.3. The summed E-state index contributed by atoms with van der Waals surface area (Å²) < 4.78 is 27.0. The molecule has 3 heterocycles. The number of carboxylic acid groups (broad SMARTS) is 1. The Kier molecular flexibility index (Phi) is 4.17. The van der Waals surface area contributed by atoms with Gasteiger partial charge in [0.1, 0.15) is 0 Å². The Labute approximate surface area is 158 Å². The van der Waals surface area contributed by atoms with Crippen LogP contribution in [0.4, 0.5) is 9.80 Å². The van der Waals surface area contributed by atoms with Gasteiger partial charge in [0.25, 0.3) is 10.0 Å². The molecule has 0 aliphatic rings. The number of amides is 1. The Morgan fingerprint density at radius 2 is 1.93 bits per heavy atom. The molecule has 2 N–H and O–H groups in total. The molecule has 1 amide bonds. The monoisotopic (exact) mass is 399 g/mol. The topological polar surface area (TPSA) is 101 Å². The number of anilines is 1. The average Bonchev–Trinajstić information content (AvgIpc) is 3.29. The molecule has 0 unspecified atom stereocenters. The van der Waals surface area contributed by atoms with Gasteiger partial charge < -0.3 is 5.11 Å². The van der Waals surface area contributed by atoms with E-state index in [2.05, 4.69) is 10.3 Å². The van der Waals surface area contributed by atoms with Gasteiger partial charge in [0.2, 0.25) is 0 Å². The zero-order chi connectivity index (χ0) is 19.0. The van der Waals surface area contributed by atoms with Gasteiger partial charge in [-0.15, -0.1) is 11.3 Å². The van der Waals surface area contributed by atoms with E-state index in [1.807, 2.05) is 5.38 Å². The molecule has 7 nitrogen and oxygen atoms in total. The lowest BCUT2D eigenvalue weighted by atomic mass is 10.1. The van der Waals surface area contributed by atoms with E-state index in [1.165, 1.54) is 35.9 Å². The molecule has 0 radical (unpaired) electrons. The first-order valence-electron chi connectivity index (χ1n) is 7.82. The van der Waals surface area contributed by atoms with Gasteiger partial charge in [0, 0.05) is 23.2 Å². The van der Waals surface area contributed by atoms with Crippen LogP contribution < -0.4 is 5.32 Å². The number of fused-ring (bicyclic) bond motifs is 1. The molecule has 27 heavy (non-hydrogen) atoms. The second-order valence-corrected chi connectivity index (χ2v) is 8.38. The quantitative estimate of drug-likeness (QED) is 0.538. The van der Waals surface area contributed by atoms with Crippen molar-refractivity contribution in [3.05, 3.63) is 66.3 Å². The summed E-state index contributed by atoms with van der Waals surface area (Å²) in [4.78, 5) is 15.2. The number of hydrogen-bond acceptors (Lipinski definition) is 5. The van der Waals surface area contributed by atoms with Crippen molar-refractivity contribution in [2.24, 2.45) is 0 Å². The number of pyridine rings is 1. The van der Waals surface area contributed by atoms with Gasteiger partial charge in [-0.1, -0.05) is 18.2 Å². The molecular weight excluding hydrogens is 386 g/mol. The predicted octanol–water partition coefficient (Wildman–Crippen LogP) is 4.09. The summed E-state index contributed by atoms with van der Waals surface area (Å²) >= 11 is 1.25. The van der Waals surface area contributed by atoms with E-state index in [0.29, 0.717) is 16.0 Å². The molecule has 136 valence electrons. The largest absolute Gasteiger partial charge is 0.465 e. The highest BCUT2D eigenvalue weighted by atomic mass is 32.2. The third-order valence-electron chi connectivity index (χ3n) is 4.00. The number of thiophene rings is 1. The number of nitrogens with zero attached hydrogens (tertiary/aromatic N) is 2. The minimum Gasteiger partial charge on any atom is -0.465 e. The zero-order valence-electron chi connectivity index (χ0n) is 13.7. The molecule has 0 aliphatic heterocycles. The number of benzene rings is 1. The maximum atomic E-state index is 12.9. The highest BCUT2D eigenvalue weighted by Crippen LogP contribution is 2.34. The summed E-state index contributed by atoms with van der Waals surface area (Å²) in [7, 11) is -3.77. The van der Waals surface area contributed by atoms with Crippen molar-refractivity contribution in [1.29, 1.82) is 0 Å². The van der Waals surface area contributed by atoms with Crippen molar-refractivity contribution in [2.45, 2.75) is 4.90 Å². The molecule has 0 fully saturated rings. The first-order chi connectivity index (χ1) is 13.0.